The van der Waals surface area contributed by atoms with E-state index in [0.717, 1.165) is 16.7 Å². The van der Waals surface area contributed by atoms with E-state index < -0.39 is 28.2 Å². The summed E-state index contributed by atoms with van der Waals surface area (Å²) in [7, 11) is 0. The zero-order valence-electron chi connectivity index (χ0n) is 11.3. The first-order valence-electron chi connectivity index (χ1n) is 6.19. The van der Waals surface area contributed by atoms with Crippen LogP contribution in [0.2, 0.25) is 5.02 Å². The SMILES string of the molecule is O=C(Cn1cc(Br)ccc1=O)Nc1ccc(Cl)c(C(F)(F)F)c1. The molecule has 1 aromatic carbocycles. The quantitative estimate of drug-likeness (QED) is 0.835. The van der Waals surface area contributed by atoms with Gasteiger partial charge in [0.1, 0.15) is 6.54 Å². The van der Waals surface area contributed by atoms with Gasteiger partial charge in [0.2, 0.25) is 5.91 Å². The Balaban J connectivity index is 2.18. The van der Waals surface area contributed by atoms with Crippen molar-refractivity contribution in [1.29, 1.82) is 0 Å². The third-order valence-corrected chi connectivity index (χ3v) is 3.62. The number of halogens is 5. The number of carbonyl (C=O) groups excluding carboxylic acids is 1. The van der Waals surface area contributed by atoms with E-state index in [-0.39, 0.29) is 12.2 Å². The molecule has 2 aromatic rings. The van der Waals surface area contributed by atoms with Crippen LogP contribution in [0.3, 0.4) is 0 Å². The van der Waals surface area contributed by atoms with Gasteiger partial charge >= 0.3 is 6.18 Å². The first-order chi connectivity index (χ1) is 10.7. The molecular weight excluding hydrogens is 401 g/mol. The molecule has 0 spiro atoms. The van der Waals surface area contributed by atoms with E-state index in [1.54, 1.807) is 0 Å². The minimum atomic E-state index is -4.63. The summed E-state index contributed by atoms with van der Waals surface area (Å²) in [5.74, 6) is -0.638. The van der Waals surface area contributed by atoms with Crippen LogP contribution >= 0.6 is 27.5 Å². The highest BCUT2D eigenvalue weighted by molar-refractivity contribution is 9.10. The molecule has 0 radical (unpaired) electrons. The van der Waals surface area contributed by atoms with Crippen LogP contribution in [-0.2, 0) is 17.5 Å². The maximum Gasteiger partial charge on any atom is 0.417 e. The van der Waals surface area contributed by atoms with Crippen LogP contribution in [0.1, 0.15) is 5.56 Å². The second kappa shape index (κ2) is 6.76. The van der Waals surface area contributed by atoms with E-state index in [2.05, 4.69) is 21.2 Å². The molecule has 122 valence electrons. The number of hydrogen-bond donors (Lipinski definition) is 1. The van der Waals surface area contributed by atoms with Crippen molar-refractivity contribution < 1.29 is 18.0 Å². The number of benzene rings is 1. The van der Waals surface area contributed by atoms with Gasteiger partial charge in [0.15, 0.2) is 0 Å². The average molecular weight is 410 g/mol. The van der Waals surface area contributed by atoms with Crippen molar-refractivity contribution in [2.24, 2.45) is 0 Å². The third-order valence-electron chi connectivity index (χ3n) is 2.82. The monoisotopic (exact) mass is 408 g/mol. The maximum absolute atomic E-state index is 12.8. The Hall–Kier alpha value is -1.80. The number of anilines is 1. The maximum atomic E-state index is 12.8. The Bertz CT molecular complexity index is 805. The van der Waals surface area contributed by atoms with Crippen LogP contribution in [0.25, 0.3) is 0 Å². The number of carbonyl (C=O) groups is 1. The molecule has 0 aliphatic carbocycles. The van der Waals surface area contributed by atoms with E-state index in [1.165, 1.54) is 24.4 Å². The fourth-order valence-corrected chi connectivity index (χ4v) is 2.41. The lowest BCUT2D eigenvalue weighted by atomic mass is 10.2. The van der Waals surface area contributed by atoms with Gasteiger partial charge in [0.05, 0.1) is 10.6 Å². The Labute approximate surface area is 142 Å². The summed E-state index contributed by atoms with van der Waals surface area (Å²) in [4.78, 5) is 23.5. The van der Waals surface area contributed by atoms with Crippen LogP contribution < -0.4 is 10.9 Å². The van der Waals surface area contributed by atoms with Gasteiger partial charge in [0, 0.05) is 22.4 Å². The Morgan fingerprint density at radius 2 is 1.96 bits per heavy atom. The highest BCUT2D eigenvalue weighted by Gasteiger charge is 2.33. The van der Waals surface area contributed by atoms with Crippen molar-refractivity contribution in [2.75, 3.05) is 5.32 Å². The lowest BCUT2D eigenvalue weighted by molar-refractivity contribution is -0.137. The highest BCUT2D eigenvalue weighted by Crippen LogP contribution is 2.36. The molecule has 0 atom stereocenters. The third kappa shape index (κ3) is 4.59. The first-order valence-corrected chi connectivity index (χ1v) is 7.36. The van der Waals surface area contributed by atoms with Crippen LogP contribution in [0.15, 0.2) is 45.8 Å². The summed E-state index contributed by atoms with van der Waals surface area (Å²) >= 11 is 8.66. The van der Waals surface area contributed by atoms with Crippen molar-refractivity contribution in [2.45, 2.75) is 12.7 Å². The van der Waals surface area contributed by atoms with Gasteiger partial charge < -0.3 is 9.88 Å². The number of nitrogens with one attached hydrogen (secondary N) is 1. The van der Waals surface area contributed by atoms with Gasteiger partial charge in [-0.15, -0.1) is 0 Å². The van der Waals surface area contributed by atoms with Gasteiger partial charge in [-0.2, -0.15) is 13.2 Å². The summed E-state index contributed by atoms with van der Waals surface area (Å²) in [5.41, 5.74) is -1.51. The Morgan fingerprint density at radius 1 is 1.26 bits per heavy atom. The smallest absolute Gasteiger partial charge is 0.325 e. The molecule has 2 rings (SSSR count). The molecule has 0 unspecified atom stereocenters. The largest absolute Gasteiger partial charge is 0.417 e. The molecule has 23 heavy (non-hydrogen) atoms. The number of rotatable bonds is 3. The van der Waals surface area contributed by atoms with Crippen molar-refractivity contribution in [1.82, 2.24) is 4.57 Å². The molecule has 1 amide bonds. The van der Waals surface area contributed by atoms with E-state index in [1.807, 2.05) is 0 Å². The Kier molecular flexibility index (Phi) is 5.16. The van der Waals surface area contributed by atoms with Gasteiger partial charge in [-0.1, -0.05) is 11.6 Å². The molecule has 1 aromatic heterocycles. The predicted octanol–water partition coefficient (Wildman–Crippen LogP) is 3.92. The molecule has 0 bridgehead atoms. The normalized spacial score (nSPS) is 11.3. The number of aromatic nitrogens is 1. The van der Waals surface area contributed by atoms with Gasteiger partial charge in [-0.25, -0.2) is 0 Å². The summed E-state index contributed by atoms with van der Waals surface area (Å²) in [5, 5.41) is 1.84. The van der Waals surface area contributed by atoms with E-state index in [0.29, 0.717) is 4.47 Å². The molecular formula is C14H9BrClF3N2O2. The van der Waals surface area contributed by atoms with Crippen LogP contribution in [0.4, 0.5) is 18.9 Å². The molecule has 0 fully saturated rings. The van der Waals surface area contributed by atoms with E-state index >= 15 is 0 Å². The zero-order chi connectivity index (χ0) is 17.2. The number of alkyl halides is 3. The fraction of sp³-hybridized carbons (Fsp3) is 0.143. The average Bonchev–Trinajstić information content (AvgIpc) is 2.44. The molecule has 0 saturated heterocycles. The topological polar surface area (TPSA) is 51.1 Å². The fourth-order valence-electron chi connectivity index (χ4n) is 1.80. The van der Waals surface area contributed by atoms with Crippen LogP contribution in [0, 0.1) is 0 Å². The van der Waals surface area contributed by atoms with Gasteiger partial charge in [0.25, 0.3) is 5.56 Å². The molecule has 0 saturated carbocycles. The molecule has 1 heterocycles. The minimum absolute atomic E-state index is 0.0604. The lowest BCUT2D eigenvalue weighted by Crippen LogP contribution is -2.26. The molecule has 0 aliphatic rings. The highest BCUT2D eigenvalue weighted by atomic mass is 79.9. The second-order valence-electron chi connectivity index (χ2n) is 4.55. The molecule has 1 N–H and O–H groups in total. The van der Waals surface area contributed by atoms with Gasteiger partial charge in [-0.05, 0) is 40.2 Å². The number of hydrogen-bond acceptors (Lipinski definition) is 2. The Morgan fingerprint density at radius 3 is 2.61 bits per heavy atom. The number of amides is 1. The second-order valence-corrected chi connectivity index (χ2v) is 5.88. The summed E-state index contributed by atoms with van der Waals surface area (Å²) in [6, 6.07) is 5.82. The lowest BCUT2D eigenvalue weighted by Gasteiger charge is -2.12. The number of nitrogens with zero attached hydrogens (tertiary/aromatic N) is 1. The van der Waals surface area contributed by atoms with E-state index in [9.17, 15) is 22.8 Å². The molecule has 0 aliphatic heterocycles. The van der Waals surface area contributed by atoms with Crippen LogP contribution in [0.5, 0.6) is 0 Å². The van der Waals surface area contributed by atoms with Crippen LogP contribution in [-0.4, -0.2) is 10.5 Å². The van der Waals surface area contributed by atoms with Gasteiger partial charge in [-0.3, -0.25) is 9.59 Å². The van der Waals surface area contributed by atoms with Crippen molar-refractivity contribution in [3.05, 3.63) is 61.9 Å². The standard InChI is InChI=1S/C14H9BrClF3N2O2/c15-8-1-4-13(23)21(6-8)7-12(22)20-9-2-3-11(16)10(5-9)14(17,18)19/h1-6H,7H2,(H,20,22). The molecule has 9 heteroatoms. The van der Waals surface area contributed by atoms with Crippen molar-refractivity contribution in [3.8, 4) is 0 Å². The zero-order valence-corrected chi connectivity index (χ0v) is 13.7. The minimum Gasteiger partial charge on any atom is -0.325 e. The summed E-state index contributed by atoms with van der Waals surface area (Å²) in [6.45, 7) is -0.331. The first kappa shape index (κ1) is 17.6. The summed E-state index contributed by atoms with van der Waals surface area (Å²) < 4.78 is 40.0. The molecule has 4 nitrogen and oxygen atoms in total. The van der Waals surface area contributed by atoms with Crippen molar-refractivity contribution in [3.63, 3.8) is 0 Å². The van der Waals surface area contributed by atoms with E-state index in [4.69, 9.17) is 11.6 Å². The van der Waals surface area contributed by atoms with Crippen molar-refractivity contribution >= 4 is 39.1 Å². The predicted molar refractivity (Wildman–Crippen MR) is 83.5 cm³/mol. The summed E-state index contributed by atoms with van der Waals surface area (Å²) in [6.07, 6.45) is -3.22. The number of pyridine rings is 1.